The van der Waals surface area contributed by atoms with Crippen LogP contribution in [0.2, 0.25) is 0 Å². The van der Waals surface area contributed by atoms with Crippen LogP contribution in [0.4, 0.5) is 0 Å². The van der Waals surface area contributed by atoms with Crippen LogP contribution in [0.15, 0.2) is 0 Å². The van der Waals surface area contributed by atoms with Crippen LogP contribution in [0.1, 0.15) is 48.1 Å². The number of carboxylic acid groups (broad SMARTS) is 1. The molecule has 6 heteroatoms. The van der Waals surface area contributed by atoms with Crippen molar-refractivity contribution >= 4 is 23.2 Å². The Hall–Kier alpha value is -1.43. The predicted molar refractivity (Wildman–Crippen MR) is 70.1 cm³/mol. The molecule has 2 N–H and O–H groups in total. The monoisotopic (exact) mass is 270 g/mol. The summed E-state index contributed by atoms with van der Waals surface area (Å²) >= 11 is 1.31. The maximum atomic E-state index is 11.9. The standard InChI is InChI=1S/C12H18N2O3S/c1-6-8(9(15)13-7(2)10(16)17)18-11(14-6)12(3,4)5/h7H,1-5H3,(H,13,15)(H,16,17)/t7-/m1/s1. The van der Waals surface area contributed by atoms with Crippen molar-refractivity contribution in [3.8, 4) is 0 Å². The minimum absolute atomic E-state index is 0.119. The van der Waals surface area contributed by atoms with Gasteiger partial charge in [0.1, 0.15) is 10.9 Å². The number of nitrogens with one attached hydrogen (secondary N) is 1. The average molecular weight is 270 g/mol. The molecule has 100 valence electrons. The summed E-state index contributed by atoms with van der Waals surface area (Å²) in [5, 5.41) is 12.1. The number of aryl methyl sites for hydroxylation is 1. The highest BCUT2D eigenvalue weighted by atomic mass is 32.1. The maximum absolute atomic E-state index is 11.9. The second kappa shape index (κ2) is 5.06. The highest BCUT2D eigenvalue weighted by Crippen LogP contribution is 2.29. The molecule has 0 unspecified atom stereocenters. The van der Waals surface area contributed by atoms with Gasteiger partial charge in [0.2, 0.25) is 0 Å². The van der Waals surface area contributed by atoms with Crippen molar-refractivity contribution in [1.82, 2.24) is 10.3 Å². The first-order chi connectivity index (χ1) is 8.12. The fourth-order valence-electron chi connectivity index (χ4n) is 1.25. The zero-order chi connectivity index (χ0) is 14.1. The van der Waals surface area contributed by atoms with Crippen LogP contribution in [0.25, 0.3) is 0 Å². The van der Waals surface area contributed by atoms with Gasteiger partial charge in [-0.2, -0.15) is 0 Å². The summed E-state index contributed by atoms with van der Waals surface area (Å²) in [4.78, 5) is 27.5. The third-order valence-corrected chi connectivity index (χ3v) is 3.94. The molecule has 5 nitrogen and oxygen atoms in total. The Labute approximate surface area is 110 Å². The van der Waals surface area contributed by atoms with Crippen molar-refractivity contribution < 1.29 is 14.7 Å². The molecule has 0 radical (unpaired) electrons. The number of aliphatic carboxylic acids is 1. The lowest BCUT2D eigenvalue weighted by Gasteiger charge is -2.13. The van der Waals surface area contributed by atoms with Crippen LogP contribution in [-0.2, 0) is 10.2 Å². The molecule has 0 aliphatic carbocycles. The van der Waals surface area contributed by atoms with Crippen molar-refractivity contribution in [2.75, 3.05) is 0 Å². The van der Waals surface area contributed by atoms with E-state index in [1.165, 1.54) is 18.3 Å². The van der Waals surface area contributed by atoms with Crippen molar-refractivity contribution in [3.63, 3.8) is 0 Å². The normalized spacial score (nSPS) is 13.2. The summed E-state index contributed by atoms with van der Waals surface area (Å²) in [6.07, 6.45) is 0. The number of amides is 1. The molecule has 1 heterocycles. The molecule has 0 fully saturated rings. The molecule has 0 aliphatic rings. The molecule has 18 heavy (non-hydrogen) atoms. The predicted octanol–water partition coefficient (Wildman–Crippen LogP) is 1.95. The van der Waals surface area contributed by atoms with Gasteiger partial charge in [-0.25, -0.2) is 4.98 Å². The molecule has 0 aromatic carbocycles. The number of nitrogens with zero attached hydrogens (tertiary/aromatic N) is 1. The van der Waals surface area contributed by atoms with Gasteiger partial charge in [-0.15, -0.1) is 11.3 Å². The molecular formula is C12H18N2O3S. The minimum Gasteiger partial charge on any atom is -0.480 e. The van der Waals surface area contributed by atoms with Crippen LogP contribution >= 0.6 is 11.3 Å². The Morgan fingerprint density at radius 2 is 1.94 bits per heavy atom. The molecule has 0 saturated carbocycles. The van der Waals surface area contributed by atoms with E-state index in [1.54, 1.807) is 6.92 Å². The first-order valence-electron chi connectivity index (χ1n) is 5.64. The molecule has 1 rings (SSSR count). The Kier molecular flexibility index (Phi) is 4.11. The Balaban J connectivity index is 2.94. The van der Waals surface area contributed by atoms with E-state index in [1.807, 2.05) is 20.8 Å². The van der Waals surface area contributed by atoms with Crippen molar-refractivity contribution in [2.45, 2.75) is 46.1 Å². The van der Waals surface area contributed by atoms with Crippen molar-refractivity contribution in [1.29, 1.82) is 0 Å². The third kappa shape index (κ3) is 3.29. The number of thiazole rings is 1. The lowest BCUT2D eigenvalue weighted by molar-refractivity contribution is -0.138. The first kappa shape index (κ1) is 14.6. The summed E-state index contributed by atoms with van der Waals surface area (Å²) in [6.45, 7) is 9.25. The van der Waals surface area contributed by atoms with Gasteiger partial charge in [0.25, 0.3) is 5.91 Å². The molecule has 1 atom stereocenters. The number of aromatic nitrogens is 1. The quantitative estimate of drug-likeness (QED) is 0.880. The van der Waals surface area contributed by atoms with E-state index in [4.69, 9.17) is 5.11 Å². The zero-order valence-electron chi connectivity index (χ0n) is 11.2. The summed E-state index contributed by atoms with van der Waals surface area (Å²) < 4.78 is 0. The molecule has 0 spiro atoms. The van der Waals surface area contributed by atoms with E-state index in [0.29, 0.717) is 10.6 Å². The topological polar surface area (TPSA) is 79.3 Å². The third-order valence-electron chi connectivity index (χ3n) is 2.36. The number of rotatable bonds is 3. The first-order valence-corrected chi connectivity index (χ1v) is 6.46. The Morgan fingerprint density at radius 1 is 1.39 bits per heavy atom. The summed E-state index contributed by atoms with van der Waals surface area (Å²) in [5.41, 5.74) is 0.520. The Morgan fingerprint density at radius 3 is 2.33 bits per heavy atom. The van der Waals surface area contributed by atoms with Crippen LogP contribution in [-0.4, -0.2) is 28.0 Å². The number of carboxylic acids is 1. The van der Waals surface area contributed by atoms with Crippen molar-refractivity contribution in [3.05, 3.63) is 15.6 Å². The van der Waals surface area contributed by atoms with E-state index < -0.39 is 12.0 Å². The molecular weight excluding hydrogens is 252 g/mol. The second-order valence-electron chi connectivity index (χ2n) is 5.22. The summed E-state index contributed by atoms with van der Waals surface area (Å²) in [5.74, 6) is -1.43. The van der Waals surface area contributed by atoms with Crippen LogP contribution in [0, 0.1) is 6.92 Å². The van der Waals surface area contributed by atoms with Gasteiger partial charge in [-0.3, -0.25) is 9.59 Å². The number of hydrogen-bond acceptors (Lipinski definition) is 4. The highest BCUT2D eigenvalue weighted by molar-refractivity contribution is 7.14. The average Bonchev–Trinajstić information content (AvgIpc) is 2.59. The van der Waals surface area contributed by atoms with Crippen LogP contribution < -0.4 is 5.32 Å². The number of carbonyl (C=O) groups is 2. The van der Waals surface area contributed by atoms with Gasteiger partial charge < -0.3 is 10.4 Å². The van der Waals surface area contributed by atoms with E-state index in [0.717, 1.165) is 5.01 Å². The lowest BCUT2D eigenvalue weighted by Crippen LogP contribution is -2.38. The summed E-state index contributed by atoms with van der Waals surface area (Å²) in [7, 11) is 0. The molecule has 1 aromatic rings. The molecule has 0 saturated heterocycles. The molecule has 1 aromatic heterocycles. The molecule has 0 bridgehead atoms. The number of hydrogen-bond donors (Lipinski definition) is 2. The minimum atomic E-state index is -1.05. The summed E-state index contributed by atoms with van der Waals surface area (Å²) in [6, 6.07) is -0.905. The van der Waals surface area contributed by atoms with Gasteiger partial charge in [-0.1, -0.05) is 20.8 Å². The van der Waals surface area contributed by atoms with Gasteiger partial charge in [0, 0.05) is 5.41 Å². The van der Waals surface area contributed by atoms with E-state index in [2.05, 4.69) is 10.3 Å². The largest absolute Gasteiger partial charge is 0.480 e. The maximum Gasteiger partial charge on any atom is 0.325 e. The second-order valence-corrected chi connectivity index (χ2v) is 6.22. The van der Waals surface area contributed by atoms with Gasteiger partial charge in [0.05, 0.1) is 10.7 Å². The Bertz CT molecular complexity index is 474. The van der Waals surface area contributed by atoms with Crippen LogP contribution in [0.3, 0.4) is 0 Å². The van der Waals surface area contributed by atoms with E-state index in [-0.39, 0.29) is 11.3 Å². The van der Waals surface area contributed by atoms with Gasteiger partial charge in [-0.05, 0) is 13.8 Å². The highest BCUT2D eigenvalue weighted by Gasteiger charge is 2.24. The van der Waals surface area contributed by atoms with E-state index in [9.17, 15) is 9.59 Å². The van der Waals surface area contributed by atoms with Gasteiger partial charge in [0.15, 0.2) is 0 Å². The molecule has 0 aliphatic heterocycles. The lowest BCUT2D eigenvalue weighted by atomic mass is 9.98. The fraction of sp³-hybridized carbons (Fsp3) is 0.583. The van der Waals surface area contributed by atoms with E-state index >= 15 is 0 Å². The van der Waals surface area contributed by atoms with Crippen LogP contribution in [0.5, 0.6) is 0 Å². The fourth-order valence-corrected chi connectivity index (χ4v) is 2.28. The SMILES string of the molecule is Cc1nc(C(C)(C)C)sc1C(=O)N[C@H](C)C(=O)O. The van der Waals surface area contributed by atoms with Crippen molar-refractivity contribution in [2.24, 2.45) is 0 Å². The smallest absolute Gasteiger partial charge is 0.325 e. The zero-order valence-corrected chi connectivity index (χ0v) is 12.0. The molecule has 1 amide bonds. The number of carbonyl (C=O) groups excluding carboxylic acids is 1. The van der Waals surface area contributed by atoms with Gasteiger partial charge >= 0.3 is 5.97 Å².